The highest BCUT2D eigenvalue weighted by Gasteiger charge is 2.20. The molecule has 32 heavy (non-hydrogen) atoms. The van der Waals surface area contributed by atoms with E-state index in [4.69, 9.17) is 11.6 Å². The fourth-order valence-electron chi connectivity index (χ4n) is 3.39. The molecule has 1 aliphatic heterocycles. The molecule has 2 N–H and O–H groups in total. The molecule has 0 unspecified atom stereocenters. The highest BCUT2D eigenvalue weighted by molar-refractivity contribution is 6.30. The van der Waals surface area contributed by atoms with Gasteiger partial charge in [0.05, 0.1) is 22.5 Å². The molecule has 0 spiro atoms. The van der Waals surface area contributed by atoms with Crippen LogP contribution in [0.5, 0.6) is 0 Å². The average Bonchev–Trinajstić information content (AvgIpc) is 2.81. The molecule has 0 saturated carbocycles. The molecule has 3 aromatic rings. The van der Waals surface area contributed by atoms with E-state index in [1.807, 2.05) is 0 Å². The molecule has 1 fully saturated rings. The van der Waals surface area contributed by atoms with Crippen LogP contribution in [0, 0.1) is 0 Å². The van der Waals surface area contributed by atoms with Crippen LogP contribution in [0.25, 0.3) is 0 Å². The van der Waals surface area contributed by atoms with E-state index < -0.39 is 11.8 Å². The topological polar surface area (TPSA) is 104 Å². The van der Waals surface area contributed by atoms with E-state index in [1.54, 1.807) is 41.3 Å². The van der Waals surface area contributed by atoms with E-state index in [9.17, 15) is 14.4 Å². The number of anilines is 3. The number of hydrogen-bond donors (Lipinski definition) is 2. The zero-order valence-corrected chi connectivity index (χ0v) is 17.8. The minimum atomic E-state index is -0.448. The third-order valence-corrected chi connectivity index (χ3v) is 5.27. The minimum Gasteiger partial charge on any atom is -0.320 e. The van der Waals surface area contributed by atoms with E-state index in [0.29, 0.717) is 29.4 Å². The second-order valence-corrected chi connectivity index (χ2v) is 7.68. The summed E-state index contributed by atoms with van der Waals surface area (Å²) >= 11 is 5.82. The van der Waals surface area contributed by atoms with Gasteiger partial charge in [0.2, 0.25) is 5.91 Å². The van der Waals surface area contributed by atoms with Crippen LogP contribution in [0.15, 0.2) is 61.1 Å². The van der Waals surface area contributed by atoms with Crippen molar-refractivity contribution in [3.8, 4) is 0 Å². The Labute approximate surface area is 189 Å². The molecular weight excluding hydrogens is 430 g/mol. The van der Waals surface area contributed by atoms with Gasteiger partial charge in [0.1, 0.15) is 5.82 Å². The van der Waals surface area contributed by atoms with Crippen LogP contribution in [-0.2, 0) is 4.79 Å². The lowest BCUT2D eigenvalue weighted by Gasteiger charge is -2.26. The number of hydrogen-bond acceptors (Lipinski definition) is 5. The largest absolute Gasteiger partial charge is 0.320 e. The number of piperidine rings is 1. The molecule has 0 radical (unpaired) electrons. The Balaban J connectivity index is 1.47. The van der Waals surface area contributed by atoms with E-state index in [0.717, 1.165) is 18.5 Å². The number of nitrogens with one attached hydrogen (secondary N) is 2. The van der Waals surface area contributed by atoms with Crippen molar-refractivity contribution in [3.63, 3.8) is 0 Å². The Morgan fingerprint density at radius 3 is 2.47 bits per heavy atom. The van der Waals surface area contributed by atoms with Crippen molar-refractivity contribution in [1.29, 1.82) is 0 Å². The highest BCUT2D eigenvalue weighted by Crippen LogP contribution is 2.22. The number of amides is 3. The van der Waals surface area contributed by atoms with Gasteiger partial charge in [-0.05, 0) is 55.3 Å². The highest BCUT2D eigenvalue weighted by atomic mass is 35.5. The molecule has 0 aliphatic carbocycles. The van der Waals surface area contributed by atoms with Crippen molar-refractivity contribution in [2.24, 2.45) is 0 Å². The second kappa shape index (κ2) is 9.57. The number of carbonyl (C=O) groups is 3. The monoisotopic (exact) mass is 449 g/mol. The molecule has 9 heteroatoms. The maximum atomic E-state index is 12.8. The summed E-state index contributed by atoms with van der Waals surface area (Å²) in [6.45, 7) is 0.682. The predicted molar refractivity (Wildman–Crippen MR) is 122 cm³/mol. The van der Waals surface area contributed by atoms with E-state index in [-0.39, 0.29) is 17.2 Å². The third kappa shape index (κ3) is 4.92. The Hall–Kier alpha value is -3.78. The number of halogens is 1. The quantitative estimate of drug-likeness (QED) is 0.608. The van der Waals surface area contributed by atoms with Crippen LogP contribution in [0.1, 0.15) is 40.0 Å². The lowest BCUT2D eigenvalue weighted by molar-refractivity contribution is -0.119. The van der Waals surface area contributed by atoms with Crippen molar-refractivity contribution in [3.05, 3.63) is 77.2 Å². The summed E-state index contributed by atoms with van der Waals surface area (Å²) in [5, 5.41) is 5.84. The molecule has 1 aliphatic rings. The fraction of sp³-hybridized carbons (Fsp3) is 0.174. The standard InChI is InChI=1S/C23H20ClN5O3/c24-16-6-9-20(26-13-16)28-23(32)18-10-11-25-14-19(18)27-22(31)15-4-7-17(8-5-15)29-12-2-1-3-21(29)30/h4-11,13-14H,1-3,12H2,(H,27,31)(H,26,28,32). The Bertz CT molecular complexity index is 1150. The number of aromatic nitrogens is 2. The van der Waals surface area contributed by atoms with Crippen molar-refractivity contribution < 1.29 is 14.4 Å². The fourth-order valence-corrected chi connectivity index (χ4v) is 3.50. The summed E-state index contributed by atoms with van der Waals surface area (Å²) in [5.74, 6) is -0.421. The molecule has 1 aromatic carbocycles. The first kappa shape index (κ1) is 21.5. The molecule has 3 amide bonds. The summed E-state index contributed by atoms with van der Waals surface area (Å²) in [6, 6.07) is 11.5. The van der Waals surface area contributed by atoms with Crippen LogP contribution in [0.3, 0.4) is 0 Å². The first-order valence-corrected chi connectivity index (χ1v) is 10.5. The van der Waals surface area contributed by atoms with Gasteiger partial charge in [-0.25, -0.2) is 4.98 Å². The minimum absolute atomic E-state index is 0.0923. The molecular formula is C23H20ClN5O3. The second-order valence-electron chi connectivity index (χ2n) is 7.24. The van der Waals surface area contributed by atoms with Gasteiger partial charge in [0.25, 0.3) is 11.8 Å². The zero-order valence-electron chi connectivity index (χ0n) is 17.0. The molecule has 0 atom stereocenters. The van der Waals surface area contributed by atoms with Crippen molar-refractivity contribution >= 4 is 46.5 Å². The van der Waals surface area contributed by atoms with Gasteiger partial charge in [-0.2, -0.15) is 0 Å². The van der Waals surface area contributed by atoms with Crippen LogP contribution in [-0.4, -0.2) is 34.2 Å². The van der Waals surface area contributed by atoms with Crippen LogP contribution >= 0.6 is 11.6 Å². The summed E-state index contributed by atoms with van der Waals surface area (Å²) in [7, 11) is 0. The number of rotatable bonds is 5. The molecule has 3 heterocycles. The maximum Gasteiger partial charge on any atom is 0.259 e. The van der Waals surface area contributed by atoms with E-state index in [2.05, 4.69) is 20.6 Å². The van der Waals surface area contributed by atoms with Crippen molar-refractivity contribution in [2.75, 3.05) is 22.1 Å². The summed E-state index contributed by atoms with van der Waals surface area (Å²) in [4.78, 5) is 47.3. The van der Waals surface area contributed by atoms with Crippen LogP contribution < -0.4 is 15.5 Å². The van der Waals surface area contributed by atoms with Gasteiger partial charge in [-0.1, -0.05) is 11.6 Å². The molecule has 0 bridgehead atoms. The molecule has 1 saturated heterocycles. The Morgan fingerprint density at radius 2 is 1.75 bits per heavy atom. The maximum absolute atomic E-state index is 12.8. The van der Waals surface area contributed by atoms with Gasteiger partial charge >= 0.3 is 0 Å². The Kier molecular flexibility index (Phi) is 6.42. The zero-order chi connectivity index (χ0) is 22.5. The van der Waals surface area contributed by atoms with Gasteiger partial charge in [-0.15, -0.1) is 0 Å². The summed E-state index contributed by atoms with van der Waals surface area (Å²) < 4.78 is 0. The van der Waals surface area contributed by atoms with E-state index in [1.165, 1.54) is 24.7 Å². The smallest absolute Gasteiger partial charge is 0.259 e. The third-order valence-electron chi connectivity index (χ3n) is 5.05. The van der Waals surface area contributed by atoms with E-state index >= 15 is 0 Å². The lowest BCUT2D eigenvalue weighted by Crippen LogP contribution is -2.35. The number of nitrogens with zero attached hydrogens (tertiary/aromatic N) is 3. The molecule has 2 aromatic heterocycles. The van der Waals surface area contributed by atoms with Gasteiger partial charge < -0.3 is 15.5 Å². The van der Waals surface area contributed by atoms with Crippen molar-refractivity contribution in [2.45, 2.75) is 19.3 Å². The summed E-state index contributed by atoms with van der Waals surface area (Å²) in [5.41, 5.74) is 1.66. The van der Waals surface area contributed by atoms with Gasteiger partial charge in [-0.3, -0.25) is 19.4 Å². The van der Waals surface area contributed by atoms with Crippen molar-refractivity contribution in [1.82, 2.24) is 9.97 Å². The van der Waals surface area contributed by atoms with Crippen LogP contribution in [0.4, 0.5) is 17.2 Å². The number of pyridine rings is 2. The SMILES string of the molecule is O=C(Nc1cnccc1C(=O)Nc1ccc(Cl)cn1)c1ccc(N2CCCCC2=O)cc1. The number of benzene rings is 1. The first-order valence-electron chi connectivity index (χ1n) is 10.1. The van der Waals surface area contributed by atoms with Gasteiger partial charge in [0, 0.05) is 36.6 Å². The molecule has 162 valence electrons. The Morgan fingerprint density at radius 1 is 0.938 bits per heavy atom. The van der Waals surface area contributed by atoms with Gasteiger partial charge in [0.15, 0.2) is 0 Å². The lowest BCUT2D eigenvalue weighted by atomic mass is 10.1. The van der Waals surface area contributed by atoms with Crippen LogP contribution in [0.2, 0.25) is 5.02 Å². The first-order chi connectivity index (χ1) is 15.5. The average molecular weight is 450 g/mol. The number of carbonyl (C=O) groups excluding carboxylic acids is 3. The molecule has 4 rings (SSSR count). The summed E-state index contributed by atoms with van der Waals surface area (Å²) in [6.07, 6.45) is 6.70. The normalized spacial score (nSPS) is 13.5. The molecule has 8 nitrogen and oxygen atoms in total. The predicted octanol–water partition coefficient (Wildman–Crippen LogP) is 4.15.